The van der Waals surface area contributed by atoms with Gasteiger partial charge in [0.15, 0.2) is 0 Å². The van der Waals surface area contributed by atoms with Crippen LogP contribution in [0.2, 0.25) is 0 Å². The first kappa shape index (κ1) is 16.6. The second-order valence-electron chi connectivity index (χ2n) is 6.28. The fraction of sp³-hybridized carbons (Fsp3) is 0.0870. The maximum atomic E-state index is 5.90. The lowest BCUT2D eigenvalue weighted by Crippen LogP contribution is -1.83. The average molecular weight is 357 g/mol. The summed E-state index contributed by atoms with van der Waals surface area (Å²) >= 11 is 1.72. The number of rotatable bonds is 4. The van der Waals surface area contributed by atoms with Gasteiger partial charge in [-0.25, -0.2) is 4.98 Å². The maximum absolute atomic E-state index is 5.90. The summed E-state index contributed by atoms with van der Waals surface area (Å²) in [6.45, 7) is 4.27. The third kappa shape index (κ3) is 3.68. The minimum Gasteiger partial charge on any atom is -0.457 e. The number of nitrogens with zero attached hydrogens (tertiary/aromatic N) is 1. The summed E-state index contributed by atoms with van der Waals surface area (Å²) in [6.07, 6.45) is 4.15. The third-order valence-corrected chi connectivity index (χ3v) is 5.26. The minimum atomic E-state index is 0.828. The molecule has 128 valence electrons. The van der Waals surface area contributed by atoms with Crippen LogP contribution in [0.5, 0.6) is 11.5 Å². The second-order valence-corrected chi connectivity index (χ2v) is 7.34. The van der Waals surface area contributed by atoms with Gasteiger partial charge >= 0.3 is 0 Å². The van der Waals surface area contributed by atoms with Crippen LogP contribution in [0.25, 0.3) is 22.4 Å². The van der Waals surface area contributed by atoms with Crippen LogP contribution in [0.1, 0.15) is 21.7 Å². The summed E-state index contributed by atoms with van der Waals surface area (Å²) in [5.41, 5.74) is 4.75. The van der Waals surface area contributed by atoms with Crippen molar-refractivity contribution in [2.75, 3.05) is 0 Å². The number of aromatic nitrogens is 1. The van der Waals surface area contributed by atoms with E-state index in [4.69, 9.17) is 9.72 Å². The Kier molecular flexibility index (Phi) is 4.55. The van der Waals surface area contributed by atoms with Gasteiger partial charge in [-0.3, -0.25) is 0 Å². The molecule has 0 spiro atoms. The molecule has 0 atom stereocenters. The Morgan fingerprint density at radius 2 is 1.58 bits per heavy atom. The lowest BCUT2D eigenvalue weighted by molar-refractivity contribution is 0.482. The molecule has 2 nitrogen and oxygen atoms in total. The van der Waals surface area contributed by atoms with Crippen molar-refractivity contribution < 1.29 is 4.74 Å². The summed E-state index contributed by atoms with van der Waals surface area (Å²) < 4.78 is 7.13. The first-order chi connectivity index (χ1) is 12.7. The van der Waals surface area contributed by atoms with Gasteiger partial charge in [0.1, 0.15) is 16.5 Å². The Labute approximate surface area is 157 Å². The van der Waals surface area contributed by atoms with E-state index in [1.165, 1.54) is 15.8 Å². The molecular formula is C23H19NOS. The van der Waals surface area contributed by atoms with Gasteiger partial charge in [-0.2, -0.15) is 0 Å². The Morgan fingerprint density at radius 3 is 2.42 bits per heavy atom. The van der Waals surface area contributed by atoms with Gasteiger partial charge in [0.2, 0.25) is 0 Å². The smallest absolute Gasteiger partial charge is 0.128 e. The van der Waals surface area contributed by atoms with Crippen molar-refractivity contribution in [3.8, 4) is 11.5 Å². The monoisotopic (exact) mass is 357 g/mol. The molecule has 1 heterocycles. The standard InChI is InChI=1S/C23H19NOS/c1-16-13-21-22(14-17(16)2)26-23(24-21)12-11-18-7-6-10-20(15-18)25-19-8-4-3-5-9-19/h3-15H,1-2H3/b12-11+. The molecule has 0 fully saturated rings. The summed E-state index contributed by atoms with van der Waals surface area (Å²) in [7, 11) is 0. The van der Waals surface area contributed by atoms with E-state index < -0.39 is 0 Å². The van der Waals surface area contributed by atoms with Crippen LogP contribution in [-0.2, 0) is 0 Å². The molecule has 4 aromatic rings. The molecule has 1 aromatic heterocycles. The third-order valence-electron chi connectivity index (χ3n) is 4.28. The van der Waals surface area contributed by atoms with Crippen LogP contribution in [0, 0.1) is 13.8 Å². The first-order valence-corrected chi connectivity index (χ1v) is 9.38. The van der Waals surface area contributed by atoms with Crippen molar-refractivity contribution in [3.05, 3.63) is 88.4 Å². The van der Waals surface area contributed by atoms with Crippen molar-refractivity contribution in [3.63, 3.8) is 0 Å². The van der Waals surface area contributed by atoms with Crippen LogP contribution in [0.3, 0.4) is 0 Å². The van der Waals surface area contributed by atoms with Crippen molar-refractivity contribution in [2.45, 2.75) is 13.8 Å². The molecule has 0 saturated heterocycles. The lowest BCUT2D eigenvalue weighted by Gasteiger charge is -2.05. The molecule has 0 bridgehead atoms. The summed E-state index contributed by atoms with van der Waals surface area (Å²) in [4.78, 5) is 4.72. The van der Waals surface area contributed by atoms with Crippen molar-refractivity contribution in [1.29, 1.82) is 0 Å². The Balaban J connectivity index is 1.56. The topological polar surface area (TPSA) is 22.1 Å². The van der Waals surface area contributed by atoms with E-state index >= 15 is 0 Å². The van der Waals surface area contributed by atoms with E-state index in [1.54, 1.807) is 11.3 Å². The molecule has 3 heteroatoms. The number of thiazole rings is 1. The maximum Gasteiger partial charge on any atom is 0.128 e. The number of benzene rings is 3. The summed E-state index contributed by atoms with van der Waals surface area (Å²) in [6, 6.07) is 22.3. The van der Waals surface area contributed by atoms with E-state index in [2.05, 4.69) is 44.2 Å². The molecule has 4 rings (SSSR count). The van der Waals surface area contributed by atoms with E-state index in [-0.39, 0.29) is 0 Å². The van der Waals surface area contributed by atoms with Crippen LogP contribution >= 0.6 is 11.3 Å². The second kappa shape index (κ2) is 7.14. The fourth-order valence-corrected chi connectivity index (χ4v) is 3.69. The van der Waals surface area contributed by atoms with Gasteiger partial charge in [0.25, 0.3) is 0 Å². The SMILES string of the molecule is Cc1cc2nc(/C=C/c3cccc(Oc4ccccc4)c3)sc2cc1C. The summed E-state index contributed by atoms with van der Waals surface area (Å²) in [5, 5.41) is 1.01. The molecule has 26 heavy (non-hydrogen) atoms. The summed E-state index contributed by atoms with van der Waals surface area (Å²) in [5.74, 6) is 1.67. The molecule has 0 saturated carbocycles. The molecule has 0 aliphatic rings. The highest BCUT2D eigenvalue weighted by Gasteiger charge is 2.04. The van der Waals surface area contributed by atoms with E-state index in [0.29, 0.717) is 0 Å². The van der Waals surface area contributed by atoms with Crippen molar-refractivity contribution in [2.24, 2.45) is 0 Å². The number of hydrogen-bond donors (Lipinski definition) is 0. The number of para-hydroxylation sites is 1. The van der Waals surface area contributed by atoms with Crippen molar-refractivity contribution in [1.82, 2.24) is 4.98 Å². The zero-order valence-corrected chi connectivity index (χ0v) is 15.6. The minimum absolute atomic E-state index is 0.828. The Hall–Kier alpha value is -2.91. The average Bonchev–Trinajstić information content (AvgIpc) is 3.03. The highest BCUT2D eigenvalue weighted by Crippen LogP contribution is 2.27. The Bertz CT molecular complexity index is 1040. The van der Waals surface area contributed by atoms with Crippen LogP contribution in [0.4, 0.5) is 0 Å². The van der Waals surface area contributed by atoms with Gasteiger partial charge in [-0.05, 0) is 73.0 Å². The predicted molar refractivity (Wildman–Crippen MR) is 111 cm³/mol. The van der Waals surface area contributed by atoms with E-state index in [9.17, 15) is 0 Å². The molecule has 0 radical (unpaired) electrons. The van der Waals surface area contributed by atoms with Gasteiger partial charge < -0.3 is 4.74 Å². The first-order valence-electron chi connectivity index (χ1n) is 8.56. The van der Waals surface area contributed by atoms with E-state index in [0.717, 1.165) is 27.6 Å². The molecule has 0 aliphatic heterocycles. The quantitative estimate of drug-likeness (QED) is 0.397. The zero-order valence-electron chi connectivity index (χ0n) is 14.8. The normalized spacial score (nSPS) is 11.3. The van der Waals surface area contributed by atoms with Crippen LogP contribution in [0.15, 0.2) is 66.7 Å². The van der Waals surface area contributed by atoms with Gasteiger partial charge in [-0.15, -0.1) is 11.3 Å². The number of aryl methyl sites for hydroxylation is 2. The molecule has 0 unspecified atom stereocenters. The van der Waals surface area contributed by atoms with Crippen LogP contribution < -0.4 is 4.74 Å². The molecule has 3 aromatic carbocycles. The van der Waals surface area contributed by atoms with Crippen molar-refractivity contribution >= 4 is 33.7 Å². The molecule has 0 aliphatic carbocycles. The highest BCUT2D eigenvalue weighted by molar-refractivity contribution is 7.19. The van der Waals surface area contributed by atoms with Crippen LogP contribution in [-0.4, -0.2) is 4.98 Å². The molecular weight excluding hydrogens is 338 g/mol. The predicted octanol–water partition coefficient (Wildman–Crippen LogP) is 6.88. The lowest BCUT2D eigenvalue weighted by atomic mass is 10.1. The van der Waals surface area contributed by atoms with E-state index in [1.807, 2.05) is 48.5 Å². The van der Waals surface area contributed by atoms with Gasteiger partial charge in [-0.1, -0.05) is 36.4 Å². The number of ether oxygens (including phenoxy) is 1. The molecule has 0 amide bonds. The van der Waals surface area contributed by atoms with Gasteiger partial charge in [0, 0.05) is 0 Å². The van der Waals surface area contributed by atoms with Gasteiger partial charge in [0.05, 0.1) is 10.2 Å². The number of hydrogen-bond acceptors (Lipinski definition) is 3. The Morgan fingerprint density at radius 1 is 0.808 bits per heavy atom. The zero-order chi connectivity index (χ0) is 17.9. The highest BCUT2D eigenvalue weighted by atomic mass is 32.1. The fourth-order valence-electron chi connectivity index (χ4n) is 2.74. The number of fused-ring (bicyclic) bond motifs is 1. The largest absolute Gasteiger partial charge is 0.457 e. The molecule has 0 N–H and O–H groups in total.